The van der Waals surface area contributed by atoms with Gasteiger partial charge in [-0.1, -0.05) is 30.0 Å². The third-order valence-electron chi connectivity index (χ3n) is 3.42. The van der Waals surface area contributed by atoms with Crippen LogP contribution in [0.2, 0.25) is 0 Å². The molecule has 2 heteroatoms. The summed E-state index contributed by atoms with van der Waals surface area (Å²) in [5.74, 6) is 2.82. The number of hydrogen-bond acceptors (Lipinski definition) is 1. The molecule has 1 saturated heterocycles. The number of benzene rings is 2. The quantitative estimate of drug-likeness (QED) is 0.716. The summed E-state index contributed by atoms with van der Waals surface area (Å²) in [4.78, 5) is 4.23. The second-order valence-corrected chi connectivity index (χ2v) is 8.27. The summed E-state index contributed by atoms with van der Waals surface area (Å²) in [6.07, 6.45) is 4.28. The van der Waals surface area contributed by atoms with Crippen molar-refractivity contribution in [1.29, 1.82) is 0 Å². The van der Waals surface area contributed by atoms with Gasteiger partial charge in [-0.2, -0.15) is 0 Å². The average molecular weight is 287 g/mol. The van der Waals surface area contributed by atoms with Crippen LogP contribution in [-0.2, 0) is 10.9 Å². The maximum Gasteiger partial charge on any atom is 0.154 e. The molecule has 0 amide bonds. The van der Waals surface area contributed by atoms with Crippen LogP contribution in [0.5, 0.6) is 0 Å². The van der Waals surface area contributed by atoms with E-state index in [9.17, 15) is 0 Å². The maximum absolute atomic E-state index is 2.35. The summed E-state index contributed by atoms with van der Waals surface area (Å²) >= 11 is 1.85. The van der Waals surface area contributed by atoms with Gasteiger partial charge >= 0.3 is 0 Å². The van der Waals surface area contributed by atoms with Crippen LogP contribution in [0, 0.1) is 0 Å². The van der Waals surface area contributed by atoms with Crippen LogP contribution in [0.25, 0.3) is 0 Å². The second-order valence-electron chi connectivity index (χ2n) is 4.85. The lowest BCUT2D eigenvalue weighted by Crippen LogP contribution is -2.17. The lowest BCUT2D eigenvalue weighted by molar-refractivity contribution is 0.756. The highest BCUT2D eigenvalue weighted by atomic mass is 32.2. The van der Waals surface area contributed by atoms with Crippen molar-refractivity contribution in [3.63, 3.8) is 0 Å². The van der Waals surface area contributed by atoms with Crippen molar-refractivity contribution in [3.05, 3.63) is 54.6 Å². The van der Waals surface area contributed by atoms with E-state index in [0.29, 0.717) is 10.9 Å². The predicted octanol–water partition coefficient (Wildman–Crippen LogP) is 5.00. The minimum absolute atomic E-state index is 0.528. The molecular weight excluding hydrogens is 268 g/mol. The molecule has 3 rings (SSSR count). The first-order chi connectivity index (χ1) is 9.42. The van der Waals surface area contributed by atoms with Gasteiger partial charge in [0.15, 0.2) is 4.90 Å². The highest BCUT2D eigenvalue weighted by molar-refractivity contribution is 7.99. The van der Waals surface area contributed by atoms with E-state index in [2.05, 4.69) is 54.6 Å². The fraction of sp³-hybridized carbons (Fsp3) is 0.294. The van der Waals surface area contributed by atoms with Crippen molar-refractivity contribution in [1.82, 2.24) is 0 Å². The third-order valence-corrected chi connectivity index (χ3v) is 6.93. The van der Waals surface area contributed by atoms with Gasteiger partial charge in [-0.3, -0.25) is 0 Å². The Morgan fingerprint density at radius 3 is 2.00 bits per heavy atom. The van der Waals surface area contributed by atoms with Crippen LogP contribution >= 0.6 is 11.8 Å². The molecular formula is C17H19S2+. The Morgan fingerprint density at radius 2 is 1.32 bits per heavy atom. The minimum Gasteiger partial charge on any atom is -0.0901 e. The molecule has 1 aliphatic heterocycles. The predicted molar refractivity (Wildman–Crippen MR) is 86.2 cm³/mol. The molecule has 98 valence electrons. The lowest BCUT2D eigenvalue weighted by atomic mass is 10.3. The van der Waals surface area contributed by atoms with Crippen LogP contribution in [0.15, 0.2) is 69.3 Å². The van der Waals surface area contributed by atoms with E-state index in [0.717, 1.165) is 0 Å². The van der Waals surface area contributed by atoms with Crippen LogP contribution in [0.3, 0.4) is 0 Å². The Bertz CT molecular complexity index is 499. The highest BCUT2D eigenvalue weighted by Crippen LogP contribution is 2.29. The molecule has 19 heavy (non-hydrogen) atoms. The van der Waals surface area contributed by atoms with E-state index in [1.807, 2.05) is 11.8 Å². The van der Waals surface area contributed by atoms with Gasteiger partial charge in [0.1, 0.15) is 11.5 Å². The Labute approximate surface area is 123 Å². The molecule has 1 fully saturated rings. The van der Waals surface area contributed by atoms with Crippen LogP contribution in [-0.4, -0.2) is 11.5 Å². The van der Waals surface area contributed by atoms with Crippen molar-refractivity contribution in [2.45, 2.75) is 33.9 Å². The molecule has 0 saturated carbocycles. The van der Waals surface area contributed by atoms with Crippen LogP contribution in [0.1, 0.15) is 19.3 Å². The Balaban J connectivity index is 1.68. The van der Waals surface area contributed by atoms with Crippen molar-refractivity contribution in [2.24, 2.45) is 0 Å². The number of hydrogen-bond donors (Lipinski definition) is 0. The standard InChI is InChI=1S/C17H19S2/c1-3-7-15(8-4-1)18-16-9-11-17(12-10-16)19-13-5-2-6-14-19/h1,3-4,7-12H,2,5-6,13-14H2/q+1. The van der Waals surface area contributed by atoms with E-state index in [1.54, 1.807) is 4.90 Å². The van der Waals surface area contributed by atoms with Gasteiger partial charge < -0.3 is 0 Å². The molecule has 0 N–H and O–H groups in total. The minimum atomic E-state index is 0.528. The summed E-state index contributed by atoms with van der Waals surface area (Å²) in [6.45, 7) is 0. The molecule has 2 aromatic carbocycles. The summed E-state index contributed by atoms with van der Waals surface area (Å²) in [7, 11) is 0.528. The van der Waals surface area contributed by atoms with Gasteiger partial charge in [-0.25, -0.2) is 0 Å². The summed E-state index contributed by atoms with van der Waals surface area (Å²) in [6, 6.07) is 19.9. The first-order valence-corrected chi connectivity index (χ1v) is 9.30. The number of rotatable bonds is 3. The zero-order valence-corrected chi connectivity index (χ0v) is 12.7. The first-order valence-electron chi connectivity index (χ1n) is 6.92. The first kappa shape index (κ1) is 13.1. The van der Waals surface area contributed by atoms with Gasteiger partial charge in [-0.15, -0.1) is 0 Å². The van der Waals surface area contributed by atoms with Crippen LogP contribution in [0.4, 0.5) is 0 Å². The molecule has 2 aromatic rings. The molecule has 0 aliphatic carbocycles. The Kier molecular flexibility index (Phi) is 4.52. The third kappa shape index (κ3) is 3.58. The smallest absolute Gasteiger partial charge is 0.0901 e. The maximum atomic E-state index is 2.35. The molecule has 0 unspecified atom stereocenters. The summed E-state index contributed by atoms with van der Waals surface area (Å²) in [5, 5.41) is 0. The van der Waals surface area contributed by atoms with Crippen molar-refractivity contribution in [2.75, 3.05) is 11.5 Å². The van der Waals surface area contributed by atoms with Gasteiger partial charge in [0, 0.05) is 20.7 Å². The molecule has 0 bridgehead atoms. The fourth-order valence-corrected chi connectivity index (χ4v) is 5.53. The average Bonchev–Trinajstić information content (AvgIpc) is 2.50. The summed E-state index contributed by atoms with van der Waals surface area (Å²) < 4.78 is 0. The monoisotopic (exact) mass is 287 g/mol. The van der Waals surface area contributed by atoms with Crippen molar-refractivity contribution in [3.8, 4) is 0 Å². The molecule has 0 nitrogen and oxygen atoms in total. The van der Waals surface area contributed by atoms with E-state index in [-0.39, 0.29) is 0 Å². The van der Waals surface area contributed by atoms with Gasteiger partial charge in [0.25, 0.3) is 0 Å². The van der Waals surface area contributed by atoms with E-state index in [4.69, 9.17) is 0 Å². The highest BCUT2D eigenvalue weighted by Gasteiger charge is 2.24. The van der Waals surface area contributed by atoms with Gasteiger partial charge in [0.05, 0.1) is 0 Å². The van der Waals surface area contributed by atoms with Gasteiger partial charge in [-0.05, 0) is 55.7 Å². The van der Waals surface area contributed by atoms with Crippen molar-refractivity contribution >= 4 is 22.7 Å². The SMILES string of the molecule is c1ccc(Sc2ccc([S+]3CCCCC3)cc2)cc1. The molecule has 0 atom stereocenters. The molecule has 1 heterocycles. The van der Waals surface area contributed by atoms with E-state index in [1.165, 1.54) is 40.6 Å². The Morgan fingerprint density at radius 1 is 0.684 bits per heavy atom. The topological polar surface area (TPSA) is 0 Å². The normalized spacial score (nSPS) is 16.4. The molecule has 0 radical (unpaired) electrons. The van der Waals surface area contributed by atoms with Crippen LogP contribution < -0.4 is 0 Å². The molecule has 0 spiro atoms. The largest absolute Gasteiger partial charge is 0.154 e. The molecule has 1 aliphatic rings. The van der Waals surface area contributed by atoms with Crippen molar-refractivity contribution < 1.29 is 0 Å². The van der Waals surface area contributed by atoms with E-state index >= 15 is 0 Å². The lowest BCUT2D eigenvalue weighted by Gasteiger charge is -2.13. The summed E-state index contributed by atoms with van der Waals surface area (Å²) in [5.41, 5.74) is 0. The molecule has 0 aromatic heterocycles. The fourth-order valence-electron chi connectivity index (χ4n) is 2.39. The van der Waals surface area contributed by atoms with Gasteiger partial charge in [0.2, 0.25) is 0 Å². The zero-order chi connectivity index (χ0) is 12.9. The second kappa shape index (κ2) is 6.53. The Hall–Kier alpha value is -0.860. The van der Waals surface area contributed by atoms with E-state index < -0.39 is 0 Å². The zero-order valence-electron chi connectivity index (χ0n) is 11.0.